The third-order valence-corrected chi connectivity index (χ3v) is 22.4. The number of hydrogen-bond acceptors (Lipinski definition) is 22. The van der Waals surface area contributed by atoms with Crippen molar-refractivity contribution in [2.45, 2.75) is 175 Å². The van der Waals surface area contributed by atoms with Gasteiger partial charge in [-0.25, -0.2) is 9.59 Å². The van der Waals surface area contributed by atoms with Gasteiger partial charge in [-0.1, -0.05) is 26.8 Å². The predicted molar refractivity (Wildman–Crippen MR) is 310 cm³/mol. The molecule has 0 bridgehead atoms. The van der Waals surface area contributed by atoms with Gasteiger partial charge < -0.3 is 73.3 Å². The Morgan fingerprint density at radius 3 is 1.82 bits per heavy atom. The van der Waals surface area contributed by atoms with Gasteiger partial charge in [0.15, 0.2) is 11.2 Å². The molecule has 5 heterocycles. The molecular formula is C67H76N2O22. The fourth-order valence-corrected chi connectivity index (χ4v) is 18.3. The summed E-state index contributed by atoms with van der Waals surface area (Å²) in [5.74, 6) is -14.6. The first-order valence-corrected chi connectivity index (χ1v) is 30.9. The number of fused-ring (bicyclic) bond motifs is 15. The molecule has 5 N–H and O–H groups in total. The molecule has 0 aromatic heterocycles. The highest BCUT2D eigenvalue weighted by Gasteiger charge is 2.93. The zero-order valence-electron chi connectivity index (χ0n) is 52.9. The van der Waals surface area contributed by atoms with E-state index in [9.17, 15) is 58.5 Å². The molecule has 3 aromatic carbocycles. The Labute approximate surface area is 523 Å². The number of aliphatic hydroxyl groups excluding tert-OH is 2. The number of epoxide rings is 2. The first-order chi connectivity index (χ1) is 42.4. The van der Waals surface area contributed by atoms with E-state index in [1.54, 1.807) is 74.4 Å². The molecule has 2 amide bonds. The van der Waals surface area contributed by atoms with Crippen LogP contribution in [0.3, 0.4) is 0 Å². The molecule has 10 aliphatic rings. The van der Waals surface area contributed by atoms with Gasteiger partial charge in [0.25, 0.3) is 5.91 Å². The Bertz CT molecular complexity index is 3660. The maximum Gasteiger partial charge on any atom is 0.341 e. The van der Waals surface area contributed by atoms with Gasteiger partial charge in [0.05, 0.1) is 52.7 Å². The molecular weight excluding hydrogens is 1180 g/mol. The SMILES string of the molecule is CC(=O)O[C@H]1C2[C@@H]([C@@H](O)[C@H](NC(=O)CNC(=O)c3ccc4c(c3)C(=O)OC43c4ccc(OC(=O)C(C)(C)C)cc4Oc4cc(OC(=O)C(C)(C)C)ccc43)[C@H]3C[C@@H]4O[C@@H]4[C@H](OC(C)=O)[C@]23C)[C@@H]2[C@@H](O)[C@@H]3[C@H]([C@H](C)[C@H]4O[C@]45OC(=O)[C@@](C)(O)[C@]35C)[C@@]2(C)[C@H]1OC(C)=O. The number of esters is 7. The van der Waals surface area contributed by atoms with Gasteiger partial charge in [-0.05, 0) is 122 Å². The molecule has 24 nitrogen and oxygen atoms in total. The van der Waals surface area contributed by atoms with Gasteiger partial charge in [0.1, 0.15) is 53.5 Å². The lowest BCUT2D eigenvalue weighted by Gasteiger charge is -2.67. The highest BCUT2D eigenvalue weighted by molar-refractivity contribution is 6.02. The highest BCUT2D eigenvalue weighted by atomic mass is 16.8. The Morgan fingerprint density at radius 1 is 0.681 bits per heavy atom. The molecule has 8 fully saturated rings. The molecule has 5 aliphatic heterocycles. The molecule has 5 aliphatic carbocycles. The summed E-state index contributed by atoms with van der Waals surface area (Å²) in [5, 5.41) is 44.9. The number of carbonyl (C=O) groups excluding carboxylic acids is 9. The number of amides is 2. The summed E-state index contributed by atoms with van der Waals surface area (Å²) in [6, 6.07) is 12.3. The second-order valence-electron chi connectivity index (χ2n) is 29.5. The first-order valence-electron chi connectivity index (χ1n) is 30.9. The van der Waals surface area contributed by atoms with E-state index in [4.69, 9.17) is 47.4 Å². The van der Waals surface area contributed by atoms with Crippen molar-refractivity contribution in [3.8, 4) is 23.0 Å². The van der Waals surface area contributed by atoms with Crippen molar-refractivity contribution >= 4 is 53.6 Å². The third-order valence-electron chi connectivity index (χ3n) is 22.4. The van der Waals surface area contributed by atoms with Crippen LogP contribution in [-0.4, -0.2) is 142 Å². The Kier molecular flexibility index (Phi) is 13.7. The van der Waals surface area contributed by atoms with Crippen LogP contribution in [0.1, 0.15) is 141 Å². The molecule has 13 rings (SSSR count). The number of nitrogens with one attached hydrogen (secondary N) is 2. The summed E-state index contributed by atoms with van der Waals surface area (Å²) in [7, 11) is 0. The molecule has 91 heavy (non-hydrogen) atoms. The summed E-state index contributed by atoms with van der Waals surface area (Å²) < 4.78 is 61.7. The Balaban J connectivity index is 0.836. The molecule has 1 unspecified atom stereocenters. The molecule has 5 saturated carbocycles. The standard InChI is InChI=1S/C67H76N2O22/c1-26-43-46(64(13)65(14,81)59(80)91-67(64)52(26)89-67)49(75)44-42-45(51(82-27(2)70)54(63(43,44)12)84-29(4)72)62(11)37(24-40-50(88-40)53(62)83-28(3)71)47(48(42)74)69-41(73)25-68-55(76)30-15-18-34-33(21-30)56(77)90-66(34)35-19-16-31(85-57(78)60(5,6)7)22-38(35)87-39-23-32(17-20-36(39)66)86-58(79)61(8,9)10/h15-23,26,37,40,42-54,74-75,81H,24-25H2,1-14H3,(H,68,76)(H,69,73)/t26-,37+,40-,42-,43-,44+,45?,46-,47+,48+,49+,50-,51-,52+,53-,54-,62-,63+,64-,65+,67-/m0/s1. The quantitative estimate of drug-likeness (QED) is 0.0825. The van der Waals surface area contributed by atoms with E-state index in [0.29, 0.717) is 16.7 Å². The van der Waals surface area contributed by atoms with E-state index in [1.807, 2.05) is 6.92 Å². The fourth-order valence-electron chi connectivity index (χ4n) is 18.3. The van der Waals surface area contributed by atoms with Crippen LogP contribution in [0.4, 0.5) is 0 Å². The highest BCUT2D eigenvalue weighted by Crippen LogP contribution is 2.81. The topological polar surface area (TPSA) is 337 Å². The lowest BCUT2D eigenvalue weighted by atomic mass is 9.40. The molecule has 0 radical (unpaired) electrons. The third kappa shape index (κ3) is 8.59. The molecule has 3 saturated heterocycles. The van der Waals surface area contributed by atoms with Crippen LogP contribution in [0.25, 0.3) is 0 Å². The fraction of sp³-hybridized carbons (Fsp3) is 0.597. The van der Waals surface area contributed by atoms with E-state index < -0.39 is 201 Å². The van der Waals surface area contributed by atoms with Crippen LogP contribution in [-0.2, 0) is 72.3 Å². The number of aliphatic hydroxyl groups is 3. The Morgan fingerprint density at radius 2 is 1.25 bits per heavy atom. The first kappa shape index (κ1) is 62.3. The normalized spacial score (nSPS) is 39.2. The van der Waals surface area contributed by atoms with Crippen molar-refractivity contribution in [3.63, 3.8) is 0 Å². The average Bonchev–Trinajstić information content (AvgIpc) is 1.46. The van der Waals surface area contributed by atoms with Crippen molar-refractivity contribution in [1.82, 2.24) is 10.6 Å². The summed E-state index contributed by atoms with van der Waals surface area (Å²) in [4.78, 5) is 124. The van der Waals surface area contributed by atoms with Gasteiger partial charge >= 0.3 is 41.8 Å². The van der Waals surface area contributed by atoms with Gasteiger partial charge in [0.2, 0.25) is 11.7 Å². The van der Waals surface area contributed by atoms with E-state index in [0.717, 1.165) is 0 Å². The van der Waals surface area contributed by atoms with Gasteiger partial charge in [-0.15, -0.1) is 0 Å². The lowest BCUT2D eigenvalue weighted by molar-refractivity contribution is -0.286. The van der Waals surface area contributed by atoms with Crippen molar-refractivity contribution in [2.24, 2.45) is 68.5 Å². The number of ether oxygens (including phenoxy) is 10. The van der Waals surface area contributed by atoms with Crippen LogP contribution >= 0.6 is 0 Å². The van der Waals surface area contributed by atoms with Crippen LogP contribution in [0.5, 0.6) is 23.0 Å². The van der Waals surface area contributed by atoms with Crippen molar-refractivity contribution in [1.29, 1.82) is 0 Å². The average molecular weight is 1260 g/mol. The maximum absolute atomic E-state index is 14.8. The van der Waals surface area contributed by atoms with E-state index in [1.165, 1.54) is 70.2 Å². The van der Waals surface area contributed by atoms with Crippen molar-refractivity contribution in [3.05, 3.63) is 82.4 Å². The van der Waals surface area contributed by atoms with Crippen molar-refractivity contribution < 1.29 is 106 Å². The summed E-state index contributed by atoms with van der Waals surface area (Å²) in [5.41, 5.74) is -9.35. The zero-order chi connectivity index (χ0) is 65.9. The van der Waals surface area contributed by atoms with Gasteiger partial charge in [-0.2, -0.15) is 0 Å². The number of carbonyl (C=O) groups is 9. The minimum absolute atomic E-state index is 0.0167. The largest absolute Gasteiger partial charge is 0.459 e. The molecule has 24 heteroatoms. The minimum atomic E-state index is -2.24. The van der Waals surface area contributed by atoms with Gasteiger partial charge in [0, 0.05) is 83.7 Å². The number of benzene rings is 3. The lowest BCUT2D eigenvalue weighted by Crippen LogP contribution is -2.77. The maximum atomic E-state index is 14.8. The van der Waals surface area contributed by atoms with Crippen LogP contribution in [0, 0.1) is 68.5 Å². The Hall–Kier alpha value is -7.51. The summed E-state index contributed by atoms with van der Waals surface area (Å²) in [6.07, 6.45) is -8.95. The van der Waals surface area contributed by atoms with E-state index >= 15 is 0 Å². The smallest absolute Gasteiger partial charge is 0.341 e. The predicted octanol–water partition coefficient (Wildman–Crippen LogP) is 4.87. The van der Waals surface area contributed by atoms with Crippen LogP contribution in [0.2, 0.25) is 0 Å². The van der Waals surface area contributed by atoms with Crippen LogP contribution < -0.4 is 24.8 Å². The molecule has 3 aromatic rings. The molecule has 486 valence electrons. The second kappa shape index (κ2) is 20.0. The second-order valence-corrected chi connectivity index (χ2v) is 29.5. The summed E-state index contributed by atoms with van der Waals surface area (Å²) >= 11 is 0. The van der Waals surface area contributed by atoms with Crippen molar-refractivity contribution in [2.75, 3.05) is 6.54 Å². The molecule has 2 spiro atoms. The monoisotopic (exact) mass is 1260 g/mol. The zero-order valence-corrected chi connectivity index (χ0v) is 52.9. The minimum Gasteiger partial charge on any atom is -0.459 e. The van der Waals surface area contributed by atoms with E-state index in [2.05, 4.69) is 10.6 Å². The molecule has 21 atom stereocenters. The van der Waals surface area contributed by atoms with Crippen LogP contribution in [0.15, 0.2) is 54.6 Å². The van der Waals surface area contributed by atoms with E-state index in [-0.39, 0.29) is 40.5 Å². The summed E-state index contributed by atoms with van der Waals surface area (Å²) in [6.45, 7) is 21.4. The number of hydrogen-bond donors (Lipinski definition) is 5. The number of rotatable bonds is 9. The van der Waals surface area contributed by atoms with Gasteiger partial charge in [-0.3, -0.25) is 33.6 Å².